The van der Waals surface area contributed by atoms with E-state index in [0.717, 1.165) is 38.5 Å². The van der Waals surface area contributed by atoms with E-state index in [4.69, 9.17) is 11.3 Å². The monoisotopic (exact) mass is 225 g/mol. The average molecular weight is 225 g/mol. The lowest BCUT2D eigenvalue weighted by Gasteiger charge is -2.30. The molecular weight excluding hydrogens is 206 g/mol. The molecule has 0 saturated heterocycles. The topological polar surface area (TPSA) is 104 Å². The van der Waals surface area contributed by atoms with E-state index in [1.54, 1.807) is 0 Å². The zero-order chi connectivity index (χ0) is 11.9. The van der Waals surface area contributed by atoms with Crippen LogP contribution in [0.3, 0.4) is 0 Å². The number of carbonyl (C=O) groups is 1. The van der Waals surface area contributed by atoms with E-state index in [1.165, 1.54) is 0 Å². The maximum atomic E-state index is 11.5. The number of hydrogen-bond donors (Lipinski definition) is 2. The Balaban J connectivity index is 2.56. The van der Waals surface area contributed by atoms with E-state index < -0.39 is 5.54 Å². The molecule has 1 fully saturated rings. The number of nitrogens with zero attached hydrogens (tertiary/aromatic N) is 3. The van der Waals surface area contributed by atoms with Crippen molar-refractivity contribution in [2.24, 2.45) is 10.8 Å². The summed E-state index contributed by atoms with van der Waals surface area (Å²) in [6, 6.07) is 0. The standard InChI is InChI=1S/C10H19N5O/c11-9(16)10(13-7-8-14-15-12)5-3-1-2-4-6-10/h13H,1-8H2,(H2,11,16). The Morgan fingerprint density at radius 1 is 1.38 bits per heavy atom. The van der Waals surface area contributed by atoms with Crippen molar-refractivity contribution in [2.75, 3.05) is 13.1 Å². The maximum Gasteiger partial charge on any atom is 0.237 e. The molecular formula is C10H19N5O. The van der Waals surface area contributed by atoms with Crippen LogP contribution in [0.2, 0.25) is 0 Å². The minimum Gasteiger partial charge on any atom is -0.368 e. The van der Waals surface area contributed by atoms with Gasteiger partial charge in [0, 0.05) is 18.0 Å². The molecule has 3 N–H and O–H groups in total. The van der Waals surface area contributed by atoms with Gasteiger partial charge in [-0.1, -0.05) is 30.8 Å². The number of azide groups is 1. The zero-order valence-corrected chi connectivity index (χ0v) is 9.48. The largest absolute Gasteiger partial charge is 0.368 e. The second-order valence-corrected chi connectivity index (χ2v) is 4.24. The molecule has 0 atom stereocenters. The molecule has 1 rings (SSSR count). The third-order valence-corrected chi connectivity index (χ3v) is 3.17. The molecule has 1 saturated carbocycles. The van der Waals surface area contributed by atoms with Crippen LogP contribution in [0.1, 0.15) is 38.5 Å². The quantitative estimate of drug-likeness (QED) is 0.243. The van der Waals surface area contributed by atoms with Gasteiger partial charge in [0.15, 0.2) is 0 Å². The molecule has 90 valence electrons. The van der Waals surface area contributed by atoms with Gasteiger partial charge in [0.05, 0.1) is 5.54 Å². The Morgan fingerprint density at radius 3 is 2.50 bits per heavy atom. The Labute approximate surface area is 95.2 Å². The summed E-state index contributed by atoms with van der Waals surface area (Å²) in [7, 11) is 0. The van der Waals surface area contributed by atoms with Gasteiger partial charge in [-0.3, -0.25) is 4.79 Å². The summed E-state index contributed by atoms with van der Waals surface area (Å²) >= 11 is 0. The van der Waals surface area contributed by atoms with Crippen molar-refractivity contribution in [3.05, 3.63) is 10.4 Å². The highest BCUT2D eigenvalue weighted by molar-refractivity contribution is 5.84. The first-order valence-electron chi connectivity index (χ1n) is 5.77. The molecule has 0 aromatic rings. The summed E-state index contributed by atoms with van der Waals surface area (Å²) in [5.74, 6) is -0.282. The number of carbonyl (C=O) groups excluding carboxylic acids is 1. The van der Waals surface area contributed by atoms with Crippen LogP contribution in [-0.4, -0.2) is 24.5 Å². The summed E-state index contributed by atoms with van der Waals surface area (Å²) in [5.41, 5.74) is 13.1. The van der Waals surface area contributed by atoms with Gasteiger partial charge < -0.3 is 11.1 Å². The highest BCUT2D eigenvalue weighted by Gasteiger charge is 2.35. The number of primary amides is 1. The third-order valence-electron chi connectivity index (χ3n) is 3.17. The van der Waals surface area contributed by atoms with Gasteiger partial charge in [0.2, 0.25) is 5.91 Å². The number of nitrogens with one attached hydrogen (secondary N) is 1. The molecule has 0 aliphatic heterocycles. The molecule has 6 nitrogen and oxygen atoms in total. The molecule has 0 spiro atoms. The Kier molecular flexibility index (Phi) is 5.08. The molecule has 0 heterocycles. The van der Waals surface area contributed by atoms with Crippen LogP contribution >= 0.6 is 0 Å². The van der Waals surface area contributed by atoms with Gasteiger partial charge in [-0.2, -0.15) is 0 Å². The summed E-state index contributed by atoms with van der Waals surface area (Å²) in [6.07, 6.45) is 5.95. The van der Waals surface area contributed by atoms with E-state index in [2.05, 4.69) is 15.3 Å². The van der Waals surface area contributed by atoms with Crippen LogP contribution in [0.25, 0.3) is 10.4 Å². The van der Waals surface area contributed by atoms with Crippen molar-refractivity contribution in [3.63, 3.8) is 0 Å². The van der Waals surface area contributed by atoms with Crippen molar-refractivity contribution in [1.82, 2.24) is 5.32 Å². The minimum absolute atomic E-state index is 0.282. The molecule has 1 amide bonds. The van der Waals surface area contributed by atoms with Crippen molar-refractivity contribution in [3.8, 4) is 0 Å². The average Bonchev–Trinajstić information content (AvgIpc) is 2.51. The number of hydrogen-bond acceptors (Lipinski definition) is 3. The van der Waals surface area contributed by atoms with Crippen molar-refractivity contribution >= 4 is 5.91 Å². The second kappa shape index (κ2) is 6.35. The molecule has 16 heavy (non-hydrogen) atoms. The normalized spacial score (nSPS) is 19.5. The molecule has 0 aromatic heterocycles. The molecule has 1 aliphatic carbocycles. The summed E-state index contributed by atoms with van der Waals surface area (Å²) in [5, 5.41) is 6.61. The van der Waals surface area contributed by atoms with Crippen LogP contribution in [0.15, 0.2) is 5.11 Å². The summed E-state index contributed by atoms with van der Waals surface area (Å²) in [4.78, 5) is 14.2. The predicted molar refractivity (Wildman–Crippen MR) is 61.6 cm³/mol. The van der Waals surface area contributed by atoms with E-state index in [9.17, 15) is 4.79 Å². The van der Waals surface area contributed by atoms with E-state index >= 15 is 0 Å². The Morgan fingerprint density at radius 2 is 2.00 bits per heavy atom. The predicted octanol–water partition coefficient (Wildman–Crippen LogP) is 1.46. The smallest absolute Gasteiger partial charge is 0.237 e. The molecule has 0 bridgehead atoms. The van der Waals surface area contributed by atoms with Crippen molar-refractivity contribution < 1.29 is 4.79 Å². The lowest BCUT2D eigenvalue weighted by molar-refractivity contribution is -0.125. The minimum atomic E-state index is -0.582. The van der Waals surface area contributed by atoms with Gasteiger partial charge >= 0.3 is 0 Å². The van der Waals surface area contributed by atoms with Gasteiger partial charge in [0.1, 0.15) is 0 Å². The highest BCUT2D eigenvalue weighted by atomic mass is 16.1. The highest BCUT2D eigenvalue weighted by Crippen LogP contribution is 2.26. The molecule has 6 heteroatoms. The lowest BCUT2D eigenvalue weighted by atomic mass is 9.89. The van der Waals surface area contributed by atoms with Crippen LogP contribution in [0.5, 0.6) is 0 Å². The molecule has 0 radical (unpaired) electrons. The fourth-order valence-electron chi connectivity index (χ4n) is 2.23. The third kappa shape index (κ3) is 3.40. The SMILES string of the molecule is [N-]=[N+]=NCCNC1(C(N)=O)CCCCCC1. The van der Waals surface area contributed by atoms with E-state index in [-0.39, 0.29) is 5.91 Å². The van der Waals surface area contributed by atoms with Crippen LogP contribution in [0.4, 0.5) is 0 Å². The van der Waals surface area contributed by atoms with Crippen LogP contribution < -0.4 is 11.1 Å². The van der Waals surface area contributed by atoms with Crippen LogP contribution in [0, 0.1) is 0 Å². The first-order valence-corrected chi connectivity index (χ1v) is 5.77. The van der Waals surface area contributed by atoms with Crippen molar-refractivity contribution in [1.29, 1.82) is 0 Å². The Bertz CT molecular complexity index is 277. The maximum absolute atomic E-state index is 11.5. The first kappa shape index (κ1) is 12.8. The van der Waals surface area contributed by atoms with Gasteiger partial charge in [-0.05, 0) is 18.4 Å². The van der Waals surface area contributed by atoms with Gasteiger partial charge in [0.25, 0.3) is 0 Å². The number of rotatable bonds is 5. The van der Waals surface area contributed by atoms with E-state index in [1.807, 2.05) is 0 Å². The van der Waals surface area contributed by atoms with Crippen molar-refractivity contribution in [2.45, 2.75) is 44.1 Å². The van der Waals surface area contributed by atoms with Gasteiger partial charge in [-0.15, -0.1) is 0 Å². The van der Waals surface area contributed by atoms with Gasteiger partial charge in [-0.25, -0.2) is 0 Å². The fourth-order valence-corrected chi connectivity index (χ4v) is 2.23. The van der Waals surface area contributed by atoms with E-state index in [0.29, 0.717) is 13.1 Å². The zero-order valence-electron chi connectivity index (χ0n) is 9.48. The number of nitrogens with two attached hydrogens (primary N) is 1. The summed E-state index contributed by atoms with van der Waals surface area (Å²) < 4.78 is 0. The lowest BCUT2D eigenvalue weighted by Crippen LogP contribution is -2.55. The molecule has 1 aliphatic rings. The second-order valence-electron chi connectivity index (χ2n) is 4.24. The first-order chi connectivity index (χ1) is 7.71. The molecule has 0 aromatic carbocycles. The Hall–Kier alpha value is -1.26. The molecule has 0 unspecified atom stereocenters. The number of amides is 1. The summed E-state index contributed by atoms with van der Waals surface area (Å²) in [6.45, 7) is 0.860. The van der Waals surface area contributed by atoms with Crippen LogP contribution in [-0.2, 0) is 4.79 Å². The fraction of sp³-hybridized carbons (Fsp3) is 0.900.